The number of nitrogens with one attached hydrogen (secondary N) is 2. The van der Waals surface area contributed by atoms with Crippen molar-refractivity contribution in [3.05, 3.63) is 29.8 Å². The van der Waals surface area contributed by atoms with Gasteiger partial charge in [-0.15, -0.1) is 0 Å². The first kappa shape index (κ1) is 26.9. The molecule has 2 aromatic rings. The van der Waals surface area contributed by atoms with Crippen LogP contribution in [0.1, 0.15) is 25.3 Å². The number of carbonyl (C=O) groups is 1. The number of aliphatic hydroxyl groups excluding tert-OH is 1. The average Bonchev–Trinajstić information content (AvgIpc) is 3.32. The third kappa shape index (κ3) is 7.22. The Morgan fingerprint density at radius 2 is 1.97 bits per heavy atom. The van der Waals surface area contributed by atoms with Crippen molar-refractivity contribution in [1.29, 1.82) is 0 Å². The Hall–Kier alpha value is -3.12. The maximum Gasteiger partial charge on any atom is 0.389 e. The van der Waals surface area contributed by atoms with Crippen LogP contribution in [0.4, 0.5) is 35.4 Å². The van der Waals surface area contributed by atoms with E-state index in [9.17, 15) is 23.1 Å². The summed E-state index contributed by atoms with van der Waals surface area (Å²) in [7, 11) is 0. The molecule has 4 rings (SSSR count). The standard InChI is InChI=1S/C25H33F3N6O3/c1-16-3-4-19(30-24(36)34-6-5-18(14-34)13-25(26,27)28)11-20(16)21-12-22(29-17(2)15-35)32-23(31-21)33-7-9-37-10-8-33/h3-4,11-12,17-18,35H,5-10,13-15H2,1-2H3,(H,30,36)(H,29,31,32)/t17-,18+/m1/s1. The van der Waals surface area contributed by atoms with Crippen LogP contribution in [0.2, 0.25) is 0 Å². The number of nitrogens with zero attached hydrogens (tertiary/aromatic N) is 4. The van der Waals surface area contributed by atoms with Crippen LogP contribution in [-0.2, 0) is 4.74 Å². The molecule has 0 unspecified atom stereocenters. The molecule has 3 heterocycles. The number of alkyl halides is 3. The number of benzene rings is 1. The highest BCUT2D eigenvalue weighted by Gasteiger charge is 2.36. The van der Waals surface area contributed by atoms with Crippen molar-refractivity contribution < 1.29 is 27.8 Å². The second-order valence-electron chi connectivity index (χ2n) is 9.65. The number of aromatic nitrogens is 2. The number of halogens is 3. The van der Waals surface area contributed by atoms with E-state index in [-0.39, 0.29) is 25.7 Å². The monoisotopic (exact) mass is 522 g/mol. The van der Waals surface area contributed by atoms with Gasteiger partial charge in [-0.05, 0) is 43.9 Å². The normalized spacial score (nSPS) is 19.1. The lowest BCUT2D eigenvalue weighted by molar-refractivity contribution is -0.143. The second-order valence-corrected chi connectivity index (χ2v) is 9.65. The molecule has 0 spiro atoms. The van der Waals surface area contributed by atoms with E-state index >= 15 is 0 Å². The van der Waals surface area contributed by atoms with Gasteiger partial charge in [0.25, 0.3) is 0 Å². The lowest BCUT2D eigenvalue weighted by Crippen LogP contribution is -2.37. The molecular weight excluding hydrogens is 489 g/mol. The van der Waals surface area contributed by atoms with E-state index in [1.54, 1.807) is 18.2 Å². The molecule has 37 heavy (non-hydrogen) atoms. The average molecular weight is 523 g/mol. The third-order valence-electron chi connectivity index (χ3n) is 6.53. The molecule has 1 aromatic carbocycles. The smallest absolute Gasteiger partial charge is 0.389 e. The fourth-order valence-corrected chi connectivity index (χ4v) is 4.54. The number of likely N-dealkylation sites (tertiary alicyclic amines) is 1. The van der Waals surface area contributed by atoms with Gasteiger partial charge in [0.2, 0.25) is 5.95 Å². The molecule has 0 bridgehead atoms. The molecule has 9 nitrogen and oxygen atoms in total. The number of carbonyl (C=O) groups excluding carboxylic acids is 1. The number of amides is 2. The van der Waals surface area contributed by atoms with Gasteiger partial charge in [0.15, 0.2) is 0 Å². The fraction of sp³-hybridized carbons (Fsp3) is 0.560. The maximum absolute atomic E-state index is 12.8. The first-order valence-corrected chi connectivity index (χ1v) is 12.4. The van der Waals surface area contributed by atoms with Crippen LogP contribution in [0.25, 0.3) is 11.3 Å². The number of ether oxygens (including phenoxy) is 1. The summed E-state index contributed by atoms with van der Waals surface area (Å²) in [6, 6.07) is 6.59. The van der Waals surface area contributed by atoms with E-state index in [0.29, 0.717) is 55.9 Å². The minimum Gasteiger partial charge on any atom is -0.394 e. The van der Waals surface area contributed by atoms with Gasteiger partial charge in [-0.25, -0.2) is 9.78 Å². The second kappa shape index (κ2) is 11.5. The number of aryl methyl sites for hydroxylation is 1. The first-order valence-electron chi connectivity index (χ1n) is 12.4. The zero-order valence-corrected chi connectivity index (χ0v) is 21.0. The molecule has 12 heteroatoms. The van der Waals surface area contributed by atoms with Gasteiger partial charge in [-0.2, -0.15) is 18.2 Å². The number of aliphatic hydroxyl groups is 1. The number of morpholine rings is 1. The maximum atomic E-state index is 12.8. The molecule has 0 radical (unpaired) electrons. The van der Waals surface area contributed by atoms with Crippen molar-refractivity contribution in [3.63, 3.8) is 0 Å². The molecule has 2 aliphatic heterocycles. The molecule has 2 aliphatic rings. The highest BCUT2D eigenvalue weighted by Crippen LogP contribution is 2.32. The number of hydrogen-bond donors (Lipinski definition) is 3. The van der Waals surface area contributed by atoms with Crippen LogP contribution in [0.5, 0.6) is 0 Å². The summed E-state index contributed by atoms with van der Waals surface area (Å²) in [4.78, 5) is 25.7. The highest BCUT2D eigenvalue weighted by molar-refractivity contribution is 5.90. The summed E-state index contributed by atoms with van der Waals surface area (Å²) < 4.78 is 43.7. The van der Waals surface area contributed by atoms with Crippen LogP contribution in [0.15, 0.2) is 24.3 Å². The van der Waals surface area contributed by atoms with Crippen molar-refractivity contribution in [1.82, 2.24) is 14.9 Å². The SMILES string of the molecule is Cc1ccc(NC(=O)N2CC[C@@H](CC(F)(F)F)C2)cc1-c1cc(N[C@H](C)CO)nc(N2CCOCC2)n1. The third-order valence-corrected chi connectivity index (χ3v) is 6.53. The molecule has 0 saturated carbocycles. The van der Waals surface area contributed by atoms with Crippen molar-refractivity contribution in [2.24, 2.45) is 5.92 Å². The number of hydrogen-bond acceptors (Lipinski definition) is 7. The highest BCUT2D eigenvalue weighted by atomic mass is 19.4. The fourth-order valence-electron chi connectivity index (χ4n) is 4.54. The van der Waals surface area contributed by atoms with Gasteiger partial charge < -0.3 is 30.3 Å². The zero-order chi connectivity index (χ0) is 26.6. The number of rotatable bonds is 7. The predicted octanol–water partition coefficient (Wildman–Crippen LogP) is 3.89. The van der Waals surface area contributed by atoms with E-state index in [1.165, 1.54) is 4.90 Å². The van der Waals surface area contributed by atoms with E-state index in [2.05, 4.69) is 15.6 Å². The molecule has 2 amide bonds. The summed E-state index contributed by atoms with van der Waals surface area (Å²) in [5, 5.41) is 15.5. The molecule has 2 fully saturated rings. The predicted molar refractivity (Wildman–Crippen MR) is 135 cm³/mol. The van der Waals surface area contributed by atoms with Crippen LogP contribution >= 0.6 is 0 Å². The number of anilines is 3. The van der Waals surface area contributed by atoms with Gasteiger partial charge in [-0.1, -0.05) is 6.07 Å². The lowest BCUT2D eigenvalue weighted by Gasteiger charge is -2.27. The summed E-state index contributed by atoms with van der Waals surface area (Å²) >= 11 is 0. The van der Waals surface area contributed by atoms with E-state index < -0.39 is 24.5 Å². The van der Waals surface area contributed by atoms with Crippen LogP contribution in [-0.4, -0.2) is 84.2 Å². The first-order chi connectivity index (χ1) is 17.6. The minimum absolute atomic E-state index is 0.0624. The zero-order valence-electron chi connectivity index (χ0n) is 21.0. The quantitative estimate of drug-likeness (QED) is 0.507. The Morgan fingerprint density at radius 1 is 1.22 bits per heavy atom. The van der Waals surface area contributed by atoms with Gasteiger partial charge in [0.05, 0.1) is 25.5 Å². The molecule has 2 saturated heterocycles. The van der Waals surface area contributed by atoms with Gasteiger partial charge >= 0.3 is 12.2 Å². The molecule has 0 aliphatic carbocycles. The van der Waals surface area contributed by atoms with Crippen LogP contribution < -0.4 is 15.5 Å². The van der Waals surface area contributed by atoms with Crippen molar-refractivity contribution in [2.45, 2.75) is 38.9 Å². The van der Waals surface area contributed by atoms with Crippen LogP contribution in [0.3, 0.4) is 0 Å². The molecule has 3 N–H and O–H groups in total. The molecular formula is C25H33F3N6O3. The molecule has 202 valence electrons. The summed E-state index contributed by atoms with van der Waals surface area (Å²) in [6.07, 6.45) is -4.78. The molecule has 1 aromatic heterocycles. The molecule has 2 atom stereocenters. The summed E-state index contributed by atoms with van der Waals surface area (Å²) in [5.74, 6) is 0.524. The van der Waals surface area contributed by atoms with Gasteiger partial charge in [0.1, 0.15) is 5.82 Å². The summed E-state index contributed by atoms with van der Waals surface area (Å²) in [5.41, 5.74) is 2.88. The van der Waals surface area contributed by atoms with Gasteiger partial charge in [-0.3, -0.25) is 0 Å². The lowest BCUT2D eigenvalue weighted by atomic mass is 10.0. The summed E-state index contributed by atoms with van der Waals surface area (Å²) in [6.45, 7) is 6.53. The van der Waals surface area contributed by atoms with E-state index in [0.717, 1.165) is 11.1 Å². The van der Waals surface area contributed by atoms with Gasteiger partial charge in [0, 0.05) is 56.0 Å². The van der Waals surface area contributed by atoms with Crippen molar-refractivity contribution in [2.75, 3.05) is 61.5 Å². The Labute approximate surface area is 214 Å². The Kier molecular flexibility index (Phi) is 8.38. The van der Waals surface area contributed by atoms with Crippen LogP contribution in [0, 0.1) is 12.8 Å². The Balaban J connectivity index is 1.55. The Bertz CT molecular complexity index is 1090. The number of urea groups is 1. The van der Waals surface area contributed by atoms with Crippen molar-refractivity contribution >= 4 is 23.5 Å². The largest absolute Gasteiger partial charge is 0.394 e. The topological polar surface area (TPSA) is 103 Å². The Morgan fingerprint density at radius 3 is 2.68 bits per heavy atom. The van der Waals surface area contributed by atoms with E-state index in [1.807, 2.05) is 24.8 Å². The van der Waals surface area contributed by atoms with E-state index in [4.69, 9.17) is 9.72 Å². The van der Waals surface area contributed by atoms with Crippen molar-refractivity contribution in [3.8, 4) is 11.3 Å². The minimum atomic E-state index is -4.23.